The number of aryl methyl sites for hydroxylation is 1. The number of likely N-dealkylation sites (tertiary alicyclic amines) is 1. The maximum Gasteiger partial charge on any atom is 0.295 e. The van der Waals surface area contributed by atoms with Gasteiger partial charge in [-0.2, -0.15) is 0 Å². The van der Waals surface area contributed by atoms with Crippen LogP contribution >= 0.6 is 11.6 Å². The highest BCUT2D eigenvalue weighted by atomic mass is 35.5. The van der Waals surface area contributed by atoms with Gasteiger partial charge in [-0.25, -0.2) is 0 Å². The first-order valence-corrected chi connectivity index (χ1v) is 11.0. The van der Waals surface area contributed by atoms with E-state index in [1.165, 1.54) is 7.11 Å². The van der Waals surface area contributed by atoms with E-state index in [2.05, 4.69) is 0 Å². The van der Waals surface area contributed by atoms with E-state index >= 15 is 0 Å². The number of Topliss-reactive ketones (excluding diaryl/α,β-unsaturated/α-hetero) is 1. The van der Waals surface area contributed by atoms with Gasteiger partial charge < -0.3 is 14.7 Å². The van der Waals surface area contributed by atoms with Crippen LogP contribution in [0.15, 0.2) is 48.0 Å². The van der Waals surface area contributed by atoms with E-state index in [1.807, 2.05) is 31.2 Å². The summed E-state index contributed by atoms with van der Waals surface area (Å²) in [7, 11) is 1.51. The molecule has 1 atom stereocenters. The summed E-state index contributed by atoms with van der Waals surface area (Å²) in [6, 6.07) is 12.0. The van der Waals surface area contributed by atoms with Crippen LogP contribution in [0.1, 0.15) is 54.8 Å². The maximum absolute atomic E-state index is 13.2. The quantitative estimate of drug-likeness (QED) is 0.393. The molecule has 1 heterocycles. The third-order valence-corrected chi connectivity index (χ3v) is 6.53. The lowest BCUT2D eigenvalue weighted by atomic mass is 9.90. The summed E-state index contributed by atoms with van der Waals surface area (Å²) in [6.45, 7) is 1.97. The molecule has 1 saturated heterocycles. The van der Waals surface area contributed by atoms with Gasteiger partial charge >= 0.3 is 0 Å². The number of aliphatic hydroxyl groups is 1. The number of amides is 1. The van der Waals surface area contributed by atoms with E-state index in [0.29, 0.717) is 16.3 Å². The predicted octanol–water partition coefficient (Wildman–Crippen LogP) is 5.41. The minimum atomic E-state index is -0.651. The fraction of sp³-hybridized carbons (Fsp3) is 0.360. The molecule has 2 aliphatic rings. The van der Waals surface area contributed by atoms with Gasteiger partial charge in [-0.05, 0) is 43.5 Å². The number of halogens is 1. The predicted molar refractivity (Wildman–Crippen MR) is 120 cm³/mol. The number of benzene rings is 2. The molecule has 162 valence electrons. The normalized spacial score (nSPS) is 21.5. The van der Waals surface area contributed by atoms with Gasteiger partial charge in [0.2, 0.25) is 0 Å². The van der Waals surface area contributed by atoms with Gasteiger partial charge in [0.05, 0.1) is 23.7 Å². The van der Waals surface area contributed by atoms with Crippen molar-refractivity contribution < 1.29 is 19.4 Å². The van der Waals surface area contributed by atoms with Crippen molar-refractivity contribution in [3.05, 3.63) is 69.8 Å². The number of ketones is 1. The van der Waals surface area contributed by atoms with Crippen LogP contribution < -0.4 is 4.74 Å². The summed E-state index contributed by atoms with van der Waals surface area (Å²) in [4.78, 5) is 28.1. The zero-order chi connectivity index (χ0) is 22.1. The van der Waals surface area contributed by atoms with Crippen molar-refractivity contribution in [2.75, 3.05) is 7.11 Å². The van der Waals surface area contributed by atoms with Crippen LogP contribution in [0.2, 0.25) is 5.02 Å². The molecular weight excluding hydrogens is 414 g/mol. The second kappa shape index (κ2) is 8.75. The standard InChI is InChI=1S/C25H26ClNO4/c1-15-7-6-8-16(13-15)22-21(23(28)17-11-12-20(31-2)19(26)14-17)24(29)25(30)27(22)18-9-4-3-5-10-18/h6-8,11-14,18,22,28H,3-5,9-10H2,1-2H3/b23-21-. The largest absolute Gasteiger partial charge is 0.507 e. The number of methoxy groups -OCH3 is 1. The summed E-state index contributed by atoms with van der Waals surface area (Å²) in [5.41, 5.74) is 2.35. The molecular formula is C25H26ClNO4. The smallest absolute Gasteiger partial charge is 0.295 e. The van der Waals surface area contributed by atoms with E-state index in [1.54, 1.807) is 23.1 Å². The molecule has 5 nitrogen and oxygen atoms in total. The molecule has 0 spiro atoms. The minimum absolute atomic E-state index is 0.0135. The van der Waals surface area contributed by atoms with Crippen molar-refractivity contribution >= 4 is 29.1 Å². The fourth-order valence-corrected chi connectivity index (χ4v) is 4.98. The Morgan fingerprint density at radius 2 is 1.84 bits per heavy atom. The topological polar surface area (TPSA) is 66.8 Å². The molecule has 1 N–H and O–H groups in total. The number of ether oxygens (including phenoxy) is 1. The van der Waals surface area contributed by atoms with Crippen molar-refractivity contribution in [1.29, 1.82) is 0 Å². The summed E-state index contributed by atoms with van der Waals surface area (Å²) in [5, 5.41) is 11.5. The average molecular weight is 440 g/mol. The van der Waals surface area contributed by atoms with Crippen molar-refractivity contribution in [2.45, 2.75) is 51.1 Å². The molecule has 0 aromatic heterocycles. The van der Waals surface area contributed by atoms with Crippen LogP contribution in [0.5, 0.6) is 5.75 Å². The Morgan fingerprint density at radius 3 is 2.48 bits per heavy atom. The summed E-state index contributed by atoms with van der Waals surface area (Å²) < 4.78 is 5.18. The van der Waals surface area contributed by atoms with Crippen molar-refractivity contribution in [3.63, 3.8) is 0 Å². The van der Waals surface area contributed by atoms with E-state index < -0.39 is 17.7 Å². The number of nitrogens with zero attached hydrogens (tertiary/aromatic N) is 1. The van der Waals surface area contributed by atoms with E-state index in [9.17, 15) is 14.7 Å². The Labute approximate surface area is 187 Å². The molecule has 1 aliphatic carbocycles. The number of carbonyl (C=O) groups excluding carboxylic acids is 2. The molecule has 0 radical (unpaired) electrons. The molecule has 4 rings (SSSR count). The van der Waals surface area contributed by atoms with Gasteiger partial charge in [0.1, 0.15) is 11.5 Å². The number of carbonyl (C=O) groups is 2. The van der Waals surface area contributed by atoms with Gasteiger partial charge in [0.15, 0.2) is 0 Å². The highest BCUT2D eigenvalue weighted by molar-refractivity contribution is 6.46. The number of aliphatic hydroxyl groups excluding tert-OH is 1. The Hall–Kier alpha value is -2.79. The monoisotopic (exact) mass is 439 g/mol. The summed E-state index contributed by atoms with van der Waals surface area (Å²) in [5.74, 6) is -0.940. The highest BCUT2D eigenvalue weighted by Gasteiger charge is 2.48. The average Bonchev–Trinajstić information content (AvgIpc) is 3.04. The molecule has 1 amide bonds. The van der Waals surface area contributed by atoms with Crippen LogP contribution in [-0.4, -0.2) is 34.8 Å². The van der Waals surface area contributed by atoms with Crippen molar-refractivity contribution in [1.82, 2.24) is 4.90 Å². The fourth-order valence-electron chi connectivity index (χ4n) is 4.72. The molecule has 1 aliphatic heterocycles. The van der Waals surface area contributed by atoms with E-state index in [0.717, 1.165) is 43.2 Å². The third-order valence-electron chi connectivity index (χ3n) is 6.23. The first-order valence-electron chi connectivity index (χ1n) is 10.6. The lowest BCUT2D eigenvalue weighted by molar-refractivity contribution is -0.141. The first kappa shape index (κ1) is 21.4. The molecule has 1 unspecified atom stereocenters. The summed E-state index contributed by atoms with van der Waals surface area (Å²) in [6.07, 6.45) is 4.93. The molecule has 2 fully saturated rings. The lowest BCUT2D eigenvalue weighted by Gasteiger charge is -2.35. The first-order chi connectivity index (χ1) is 14.9. The molecule has 1 saturated carbocycles. The van der Waals surface area contributed by atoms with Crippen LogP contribution in [0.3, 0.4) is 0 Å². The van der Waals surface area contributed by atoms with Crippen molar-refractivity contribution in [3.8, 4) is 5.75 Å². The Morgan fingerprint density at radius 1 is 1.10 bits per heavy atom. The number of rotatable bonds is 4. The minimum Gasteiger partial charge on any atom is -0.507 e. The SMILES string of the molecule is COc1ccc(/C(O)=C2/C(=O)C(=O)N(C3CCCCC3)C2c2cccc(C)c2)cc1Cl. The van der Waals surface area contributed by atoms with Crippen LogP contribution in [0.4, 0.5) is 0 Å². The van der Waals surface area contributed by atoms with E-state index in [-0.39, 0.29) is 17.4 Å². The second-order valence-corrected chi connectivity index (χ2v) is 8.67. The molecule has 31 heavy (non-hydrogen) atoms. The van der Waals surface area contributed by atoms with Gasteiger partial charge in [-0.3, -0.25) is 9.59 Å². The third kappa shape index (κ3) is 3.94. The van der Waals surface area contributed by atoms with Crippen LogP contribution in [0, 0.1) is 6.92 Å². The lowest BCUT2D eigenvalue weighted by Crippen LogP contribution is -2.40. The summed E-state index contributed by atoms with van der Waals surface area (Å²) >= 11 is 6.25. The van der Waals surface area contributed by atoms with Gasteiger partial charge in [0, 0.05) is 11.6 Å². The van der Waals surface area contributed by atoms with Gasteiger partial charge in [-0.15, -0.1) is 0 Å². The maximum atomic E-state index is 13.2. The zero-order valence-corrected chi connectivity index (χ0v) is 18.5. The van der Waals surface area contributed by atoms with Crippen LogP contribution in [0.25, 0.3) is 5.76 Å². The van der Waals surface area contributed by atoms with Gasteiger partial charge in [0.25, 0.3) is 11.7 Å². The Kier molecular flexibility index (Phi) is 6.05. The Bertz CT molecular complexity index is 1060. The second-order valence-electron chi connectivity index (χ2n) is 8.26. The van der Waals surface area contributed by atoms with E-state index in [4.69, 9.17) is 16.3 Å². The van der Waals surface area contributed by atoms with Gasteiger partial charge in [-0.1, -0.05) is 60.7 Å². The molecule has 6 heteroatoms. The number of hydrogen-bond donors (Lipinski definition) is 1. The number of hydrogen-bond acceptors (Lipinski definition) is 4. The zero-order valence-electron chi connectivity index (χ0n) is 17.7. The van der Waals surface area contributed by atoms with Crippen LogP contribution in [-0.2, 0) is 9.59 Å². The molecule has 2 aromatic carbocycles. The highest BCUT2D eigenvalue weighted by Crippen LogP contribution is 2.43. The molecule has 2 aromatic rings. The Balaban J connectivity index is 1.88. The molecule has 0 bridgehead atoms. The van der Waals surface area contributed by atoms with Crippen molar-refractivity contribution in [2.24, 2.45) is 0 Å².